The first kappa shape index (κ1) is 21.6. The number of benzene rings is 1. The van der Waals surface area contributed by atoms with Crippen LogP contribution >= 0.6 is 0 Å². The zero-order valence-electron chi connectivity index (χ0n) is 18.7. The van der Waals surface area contributed by atoms with Gasteiger partial charge in [0.15, 0.2) is 0 Å². The number of ether oxygens (including phenoxy) is 1. The summed E-state index contributed by atoms with van der Waals surface area (Å²) in [5.74, 6) is 1.93. The molecule has 3 heterocycles. The first-order valence-corrected chi connectivity index (χ1v) is 11.2. The number of hydrogen-bond donors (Lipinski definition) is 1. The van der Waals surface area contributed by atoms with E-state index in [1.807, 2.05) is 30.9 Å². The molecule has 1 fully saturated rings. The molecule has 2 aliphatic rings. The van der Waals surface area contributed by atoms with Gasteiger partial charge in [-0.25, -0.2) is 4.98 Å². The van der Waals surface area contributed by atoms with Crippen molar-refractivity contribution >= 4 is 5.91 Å². The van der Waals surface area contributed by atoms with Gasteiger partial charge >= 0.3 is 0 Å². The van der Waals surface area contributed by atoms with Crippen LogP contribution in [0.5, 0.6) is 5.75 Å². The average Bonchev–Trinajstić information content (AvgIpc) is 3.28. The van der Waals surface area contributed by atoms with Crippen molar-refractivity contribution in [3.8, 4) is 5.75 Å². The highest BCUT2D eigenvalue weighted by Crippen LogP contribution is 2.27. The van der Waals surface area contributed by atoms with E-state index in [0.717, 1.165) is 55.3 Å². The molecule has 0 aliphatic carbocycles. The Balaban J connectivity index is 1.46. The fourth-order valence-electron chi connectivity index (χ4n) is 4.50. The average molecular weight is 425 g/mol. The van der Waals surface area contributed by atoms with Crippen LogP contribution in [0.4, 0.5) is 0 Å². The summed E-state index contributed by atoms with van der Waals surface area (Å²) >= 11 is 0. The molecule has 4 rings (SSSR count). The molecule has 1 amide bonds. The van der Waals surface area contributed by atoms with E-state index in [0.29, 0.717) is 19.5 Å². The summed E-state index contributed by atoms with van der Waals surface area (Å²) in [6.07, 6.45) is 2.40. The fraction of sp³-hybridized carbons (Fsp3) is 0.542. The van der Waals surface area contributed by atoms with E-state index in [1.165, 1.54) is 5.56 Å². The maximum absolute atomic E-state index is 12.7. The van der Waals surface area contributed by atoms with Gasteiger partial charge in [-0.05, 0) is 37.0 Å². The number of hydrogen-bond acceptors (Lipinski definition) is 5. The van der Waals surface area contributed by atoms with Crippen molar-refractivity contribution in [1.82, 2.24) is 19.8 Å². The lowest BCUT2D eigenvalue weighted by Gasteiger charge is -2.28. The number of fused-ring (bicyclic) bond motifs is 1. The number of carbonyl (C=O) groups excluding carboxylic acids is 1. The Labute approximate surface area is 183 Å². The Hall–Kier alpha value is -2.67. The first-order chi connectivity index (χ1) is 15.0. The van der Waals surface area contributed by atoms with Crippen LogP contribution in [0.1, 0.15) is 55.3 Å². The van der Waals surface area contributed by atoms with E-state index < -0.39 is 0 Å². The third-order valence-corrected chi connectivity index (χ3v) is 6.66. The molecule has 1 saturated heterocycles. The standard InChI is InChI=1S/C24H32N4O3/c1-4-16(2)24(30)28-12-9-18(14-28)22-25-21-15-27(11-10-20(21)23(29)26-22)13-17-5-7-19(31-3)8-6-17/h5-8,16,18H,4,9-15H2,1-3H3,(H,25,26,29)/t16-,18+/m0/s1. The van der Waals surface area contributed by atoms with Crippen molar-refractivity contribution in [3.05, 3.63) is 57.3 Å². The van der Waals surface area contributed by atoms with E-state index in [4.69, 9.17) is 9.72 Å². The zero-order chi connectivity index (χ0) is 22.0. The summed E-state index contributed by atoms with van der Waals surface area (Å²) in [4.78, 5) is 37.4. The molecule has 166 valence electrons. The predicted octanol–water partition coefficient (Wildman–Crippen LogP) is 2.70. The summed E-state index contributed by atoms with van der Waals surface area (Å²) in [5.41, 5.74) is 2.88. The van der Waals surface area contributed by atoms with Crippen molar-refractivity contribution < 1.29 is 9.53 Å². The van der Waals surface area contributed by atoms with Crippen LogP contribution in [-0.4, -0.2) is 52.4 Å². The Morgan fingerprint density at radius 2 is 2.06 bits per heavy atom. The van der Waals surface area contributed by atoms with Crippen molar-refractivity contribution in [2.75, 3.05) is 26.7 Å². The molecule has 7 heteroatoms. The summed E-state index contributed by atoms with van der Waals surface area (Å²) in [7, 11) is 1.67. The number of aromatic amines is 1. The quantitative estimate of drug-likeness (QED) is 0.771. The molecule has 0 radical (unpaired) electrons. The Morgan fingerprint density at radius 3 is 2.77 bits per heavy atom. The number of nitrogens with one attached hydrogen (secondary N) is 1. The number of H-pyrrole nitrogens is 1. The number of methoxy groups -OCH3 is 1. The fourth-order valence-corrected chi connectivity index (χ4v) is 4.50. The molecule has 0 unspecified atom stereocenters. The predicted molar refractivity (Wildman–Crippen MR) is 119 cm³/mol. The molecule has 31 heavy (non-hydrogen) atoms. The molecular formula is C24H32N4O3. The molecule has 2 aromatic rings. The second-order valence-corrected chi connectivity index (χ2v) is 8.76. The van der Waals surface area contributed by atoms with Gasteiger partial charge < -0.3 is 14.6 Å². The van der Waals surface area contributed by atoms with Crippen molar-refractivity contribution in [3.63, 3.8) is 0 Å². The number of aromatic nitrogens is 2. The van der Waals surface area contributed by atoms with E-state index in [-0.39, 0.29) is 23.3 Å². The van der Waals surface area contributed by atoms with Gasteiger partial charge in [0.25, 0.3) is 5.56 Å². The van der Waals surface area contributed by atoms with Crippen molar-refractivity contribution in [2.45, 2.75) is 52.1 Å². The van der Waals surface area contributed by atoms with Crippen LogP contribution in [0, 0.1) is 5.92 Å². The van der Waals surface area contributed by atoms with Crippen LogP contribution in [0.15, 0.2) is 29.1 Å². The minimum Gasteiger partial charge on any atom is -0.497 e. The molecule has 0 bridgehead atoms. The molecular weight excluding hydrogens is 392 g/mol. The number of nitrogens with zero attached hydrogens (tertiary/aromatic N) is 3. The van der Waals surface area contributed by atoms with Crippen molar-refractivity contribution in [2.24, 2.45) is 5.92 Å². The van der Waals surface area contributed by atoms with Gasteiger partial charge in [0, 0.05) is 50.1 Å². The molecule has 2 atom stereocenters. The second kappa shape index (κ2) is 9.22. The lowest BCUT2D eigenvalue weighted by Crippen LogP contribution is -2.36. The van der Waals surface area contributed by atoms with Gasteiger partial charge in [0.1, 0.15) is 11.6 Å². The topological polar surface area (TPSA) is 78.5 Å². The highest BCUT2D eigenvalue weighted by molar-refractivity contribution is 5.78. The number of amides is 1. The molecule has 2 aliphatic heterocycles. The number of carbonyl (C=O) groups is 1. The van der Waals surface area contributed by atoms with E-state index in [1.54, 1.807) is 7.11 Å². The summed E-state index contributed by atoms with van der Waals surface area (Å²) < 4.78 is 5.24. The summed E-state index contributed by atoms with van der Waals surface area (Å²) in [6.45, 7) is 7.71. The monoisotopic (exact) mass is 424 g/mol. The summed E-state index contributed by atoms with van der Waals surface area (Å²) in [5, 5.41) is 0. The minimum atomic E-state index is -0.0178. The number of rotatable bonds is 6. The molecule has 0 spiro atoms. The van der Waals surface area contributed by atoms with E-state index in [9.17, 15) is 9.59 Å². The second-order valence-electron chi connectivity index (χ2n) is 8.76. The Bertz CT molecular complexity index is 985. The summed E-state index contributed by atoms with van der Waals surface area (Å²) in [6, 6.07) is 8.10. The largest absolute Gasteiger partial charge is 0.497 e. The van der Waals surface area contributed by atoms with Crippen LogP contribution < -0.4 is 10.3 Å². The van der Waals surface area contributed by atoms with Crippen LogP contribution in [0.2, 0.25) is 0 Å². The van der Waals surface area contributed by atoms with Gasteiger partial charge in [-0.3, -0.25) is 14.5 Å². The molecule has 0 saturated carbocycles. The van der Waals surface area contributed by atoms with Crippen LogP contribution in [0.3, 0.4) is 0 Å². The van der Waals surface area contributed by atoms with Crippen molar-refractivity contribution in [1.29, 1.82) is 0 Å². The highest BCUT2D eigenvalue weighted by Gasteiger charge is 2.32. The molecule has 1 aromatic heterocycles. The SMILES string of the molecule is CC[C@H](C)C(=O)N1CC[C@@H](c2nc3c(c(=O)[nH]2)CCN(Cc2ccc(OC)cc2)C3)C1. The maximum Gasteiger partial charge on any atom is 0.254 e. The lowest BCUT2D eigenvalue weighted by molar-refractivity contribution is -0.134. The molecule has 7 nitrogen and oxygen atoms in total. The Morgan fingerprint density at radius 1 is 1.29 bits per heavy atom. The normalized spacial score (nSPS) is 19.8. The molecule has 1 aromatic carbocycles. The molecule has 1 N–H and O–H groups in total. The van der Waals surface area contributed by atoms with E-state index >= 15 is 0 Å². The van der Waals surface area contributed by atoms with Gasteiger partial charge in [0.05, 0.1) is 12.8 Å². The van der Waals surface area contributed by atoms with Crippen LogP contribution in [0.25, 0.3) is 0 Å². The highest BCUT2D eigenvalue weighted by atomic mass is 16.5. The van der Waals surface area contributed by atoms with Gasteiger partial charge in [-0.15, -0.1) is 0 Å². The maximum atomic E-state index is 12.7. The van der Waals surface area contributed by atoms with Gasteiger partial charge in [0.2, 0.25) is 5.91 Å². The third-order valence-electron chi connectivity index (χ3n) is 6.66. The van der Waals surface area contributed by atoms with Crippen LogP contribution in [-0.2, 0) is 24.3 Å². The minimum absolute atomic E-state index is 0.0178. The van der Waals surface area contributed by atoms with Gasteiger partial charge in [-0.1, -0.05) is 26.0 Å². The van der Waals surface area contributed by atoms with E-state index in [2.05, 4.69) is 22.0 Å². The number of likely N-dealkylation sites (tertiary alicyclic amines) is 1. The first-order valence-electron chi connectivity index (χ1n) is 11.2. The lowest BCUT2D eigenvalue weighted by atomic mass is 10.0. The third kappa shape index (κ3) is 4.66. The Kier molecular flexibility index (Phi) is 6.41. The van der Waals surface area contributed by atoms with Gasteiger partial charge in [-0.2, -0.15) is 0 Å². The zero-order valence-corrected chi connectivity index (χ0v) is 18.7. The smallest absolute Gasteiger partial charge is 0.254 e.